The van der Waals surface area contributed by atoms with E-state index in [4.69, 9.17) is 14.1 Å². The summed E-state index contributed by atoms with van der Waals surface area (Å²) in [6, 6.07) is 17.4. The van der Waals surface area contributed by atoms with E-state index in [1.165, 1.54) is 0 Å². The van der Waals surface area contributed by atoms with Gasteiger partial charge in [0.2, 0.25) is 5.89 Å². The van der Waals surface area contributed by atoms with Crippen molar-refractivity contribution in [2.24, 2.45) is 0 Å². The average molecular weight is 345 g/mol. The van der Waals surface area contributed by atoms with E-state index in [0.29, 0.717) is 18.7 Å². The molecule has 0 radical (unpaired) electrons. The first-order chi connectivity index (χ1) is 12.7. The highest BCUT2D eigenvalue weighted by Gasteiger charge is 2.28. The summed E-state index contributed by atoms with van der Waals surface area (Å²) >= 11 is 0. The van der Waals surface area contributed by atoms with Gasteiger partial charge in [0.1, 0.15) is 17.2 Å². The Morgan fingerprint density at radius 2 is 1.69 bits per heavy atom. The van der Waals surface area contributed by atoms with Crippen LogP contribution in [0.2, 0.25) is 0 Å². The lowest BCUT2D eigenvalue weighted by Crippen LogP contribution is -1.96. The first-order valence-electron chi connectivity index (χ1n) is 8.61. The predicted molar refractivity (Wildman–Crippen MR) is 101 cm³/mol. The fourth-order valence-electron chi connectivity index (χ4n) is 3.37. The molecule has 0 bridgehead atoms. The third kappa shape index (κ3) is 2.84. The molecule has 0 saturated heterocycles. The Hall–Kier alpha value is -3.14. The van der Waals surface area contributed by atoms with Crippen LogP contribution in [-0.2, 0) is 4.79 Å². The second-order valence-electron chi connectivity index (χ2n) is 6.30. The van der Waals surface area contributed by atoms with Gasteiger partial charge in [-0.25, -0.2) is 4.98 Å². The molecule has 0 spiro atoms. The number of methoxy groups -OCH3 is 1. The van der Waals surface area contributed by atoms with Crippen LogP contribution in [0.15, 0.2) is 59.0 Å². The van der Waals surface area contributed by atoms with Crippen LogP contribution in [0.4, 0.5) is 0 Å². The van der Waals surface area contributed by atoms with Gasteiger partial charge in [-0.05, 0) is 48.7 Å². The van der Waals surface area contributed by atoms with Crippen molar-refractivity contribution in [3.8, 4) is 17.2 Å². The molecule has 2 aromatic carbocycles. The maximum Gasteiger partial charge on any atom is 0.226 e. The van der Waals surface area contributed by atoms with Crippen LogP contribution in [0.5, 0.6) is 5.75 Å². The van der Waals surface area contributed by atoms with Crippen LogP contribution in [0.1, 0.15) is 29.9 Å². The minimum absolute atomic E-state index is 0.166. The Morgan fingerprint density at radius 3 is 2.38 bits per heavy atom. The van der Waals surface area contributed by atoms with E-state index in [-0.39, 0.29) is 5.78 Å². The summed E-state index contributed by atoms with van der Waals surface area (Å²) in [5.41, 5.74) is 4.34. The first kappa shape index (κ1) is 16.3. The number of ketones is 1. The second kappa shape index (κ2) is 6.64. The zero-order valence-electron chi connectivity index (χ0n) is 14.8. The van der Waals surface area contributed by atoms with Crippen molar-refractivity contribution in [3.05, 3.63) is 71.6 Å². The molecule has 4 rings (SSSR count). The maximum atomic E-state index is 12.5. The number of carbonyl (C=O) groups excluding carboxylic acids is 1. The third-order valence-electron chi connectivity index (χ3n) is 4.66. The number of hydrogen-bond acceptors (Lipinski definition) is 4. The van der Waals surface area contributed by atoms with Crippen molar-refractivity contribution < 1.29 is 13.9 Å². The molecule has 4 heteroatoms. The van der Waals surface area contributed by atoms with Crippen LogP contribution >= 0.6 is 0 Å². The average Bonchev–Trinajstić information content (AvgIpc) is 3.25. The van der Waals surface area contributed by atoms with Gasteiger partial charge in [-0.2, -0.15) is 0 Å². The fraction of sp³-hybridized carbons (Fsp3) is 0.182. The topological polar surface area (TPSA) is 52.3 Å². The predicted octanol–water partition coefficient (Wildman–Crippen LogP) is 4.93. The van der Waals surface area contributed by atoms with E-state index >= 15 is 0 Å². The van der Waals surface area contributed by atoms with Gasteiger partial charge in [0.25, 0.3) is 0 Å². The Labute approximate surface area is 152 Å². The van der Waals surface area contributed by atoms with Crippen molar-refractivity contribution in [2.45, 2.75) is 19.8 Å². The van der Waals surface area contributed by atoms with E-state index in [1.807, 2.05) is 61.5 Å². The largest absolute Gasteiger partial charge is 0.497 e. The van der Waals surface area contributed by atoms with Gasteiger partial charge < -0.3 is 9.15 Å². The van der Waals surface area contributed by atoms with Crippen LogP contribution in [-0.4, -0.2) is 17.9 Å². The zero-order valence-corrected chi connectivity index (χ0v) is 14.8. The molecule has 3 aromatic rings. The first-order valence-corrected chi connectivity index (χ1v) is 8.61. The van der Waals surface area contributed by atoms with Crippen LogP contribution in [0.25, 0.3) is 22.6 Å². The number of hydrogen-bond donors (Lipinski definition) is 0. The summed E-state index contributed by atoms with van der Waals surface area (Å²) in [5, 5.41) is 0. The van der Waals surface area contributed by atoms with Gasteiger partial charge >= 0.3 is 0 Å². The third-order valence-corrected chi connectivity index (χ3v) is 4.66. The maximum absolute atomic E-state index is 12.5. The molecule has 0 N–H and O–H groups in total. The van der Waals surface area contributed by atoms with Gasteiger partial charge in [0.15, 0.2) is 5.78 Å². The van der Waals surface area contributed by atoms with Crippen molar-refractivity contribution >= 4 is 16.9 Å². The van der Waals surface area contributed by atoms with Gasteiger partial charge in [0, 0.05) is 17.6 Å². The molecule has 4 nitrogen and oxygen atoms in total. The lowest BCUT2D eigenvalue weighted by atomic mass is 9.99. The lowest BCUT2D eigenvalue weighted by molar-refractivity contribution is -0.113. The van der Waals surface area contributed by atoms with Crippen LogP contribution in [0, 0.1) is 6.92 Å². The number of carbonyl (C=O) groups is 1. The monoisotopic (exact) mass is 345 g/mol. The molecule has 0 unspecified atom stereocenters. The van der Waals surface area contributed by atoms with E-state index in [2.05, 4.69) is 0 Å². The quantitative estimate of drug-likeness (QED) is 0.672. The van der Waals surface area contributed by atoms with E-state index in [9.17, 15) is 4.79 Å². The van der Waals surface area contributed by atoms with Gasteiger partial charge in [-0.1, -0.05) is 30.3 Å². The normalized spacial score (nSPS) is 14.2. The minimum atomic E-state index is 0.166. The molecule has 0 amide bonds. The molecule has 0 aliphatic heterocycles. The Morgan fingerprint density at radius 1 is 0.962 bits per heavy atom. The number of Topliss-reactive ketones (excluding diaryl/α,β-unsaturated/α-hetero) is 1. The van der Waals surface area contributed by atoms with E-state index < -0.39 is 0 Å². The highest BCUT2D eigenvalue weighted by Crippen LogP contribution is 2.39. The molecule has 1 heterocycles. The number of aromatic nitrogens is 1. The van der Waals surface area contributed by atoms with Crippen molar-refractivity contribution in [1.29, 1.82) is 0 Å². The van der Waals surface area contributed by atoms with E-state index in [1.54, 1.807) is 7.11 Å². The van der Waals surface area contributed by atoms with Gasteiger partial charge in [-0.3, -0.25) is 4.79 Å². The van der Waals surface area contributed by atoms with Crippen molar-refractivity contribution in [1.82, 2.24) is 4.98 Å². The highest BCUT2D eigenvalue weighted by atomic mass is 16.5. The second-order valence-corrected chi connectivity index (χ2v) is 6.30. The summed E-state index contributed by atoms with van der Waals surface area (Å²) in [6.07, 6.45) is 1.21. The lowest BCUT2D eigenvalue weighted by Gasteiger charge is -2.05. The molecule has 0 fully saturated rings. The van der Waals surface area contributed by atoms with Crippen molar-refractivity contribution in [3.63, 3.8) is 0 Å². The smallest absolute Gasteiger partial charge is 0.226 e. The van der Waals surface area contributed by atoms with Gasteiger partial charge in [-0.15, -0.1) is 0 Å². The molecule has 26 heavy (non-hydrogen) atoms. The SMILES string of the molecule is COc1ccc(-c2nc(C3=C(c4ccccc4)C(=O)CC3)c(C)o2)cc1. The summed E-state index contributed by atoms with van der Waals surface area (Å²) in [5.74, 6) is 2.24. The molecule has 0 saturated carbocycles. The Balaban J connectivity index is 1.79. The Bertz CT molecular complexity index is 982. The van der Waals surface area contributed by atoms with Crippen LogP contribution < -0.4 is 4.74 Å². The summed E-state index contributed by atoms with van der Waals surface area (Å²) in [6.45, 7) is 1.90. The number of benzene rings is 2. The van der Waals surface area contributed by atoms with Crippen LogP contribution in [0.3, 0.4) is 0 Å². The molecule has 1 aliphatic carbocycles. The summed E-state index contributed by atoms with van der Waals surface area (Å²) in [4.78, 5) is 17.2. The molecule has 1 aromatic heterocycles. The highest BCUT2D eigenvalue weighted by molar-refractivity contribution is 6.30. The minimum Gasteiger partial charge on any atom is -0.497 e. The number of rotatable bonds is 4. The molecule has 1 aliphatic rings. The summed E-state index contributed by atoms with van der Waals surface area (Å²) < 4.78 is 11.1. The number of aryl methyl sites for hydroxylation is 1. The number of allylic oxidation sites excluding steroid dienone is 2. The molecular weight excluding hydrogens is 326 g/mol. The van der Waals surface area contributed by atoms with Crippen molar-refractivity contribution in [2.75, 3.05) is 7.11 Å². The number of oxazole rings is 1. The molecular formula is C22H19NO3. The standard InChI is InChI=1S/C22H19NO3/c1-14-21(23-22(26-14)16-8-10-17(25-2)11-9-16)18-12-13-19(24)20(18)15-6-4-3-5-7-15/h3-11H,12-13H2,1-2H3. The Kier molecular flexibility index (Phi) is 4.17. The van der Waals surface area contributed by atoms with E-state index in [0.717, 1.165) is 39.5 Å². The molecule has 0 atom stereocenters. The summed E-state index contributed by atoms with van der Waals surface area (Å²) in [7, 11) is 1.64. The number of ether oxygens (including phenoxy) is 1. The number of nitrogens with zero attached hydrogens (tertiary/aromatic N) is 1. The van der Waals surface area contributed by atoms with Gasteiger partial charge in [0.05, 0.1) is 7.11 Å². The zero-order chi connectivity index (χ0) is 18.1. The fourth-order valence-corrected chi connectivity index (χ4v) is 3.37. The molecule has 130 valence electrons.